The molecule has 2 rings (SSSR count). The summed E-state index contributed by atoms with van der Waals surface area (Å²) in [6.45, 7) is 1.44. The number of likely N-dealkylation sites (tertiary alicyclic amines) is 1. The number of rotatable bonds is 3. The van der Waals surface area contributed by atoms with Gasteiger partial charge >= 0.3 is 0 Å². The molecule has 2 heterocycles. The first-order valence-electron chi connectivity index (χ1n) is 5.88. The molecule has 0 saturated carbocycles. The fourth-order valence-electron chi connectivity index (χ4n) is 2.14. The third-order valence-corrected chi connectivity index (χ3v) is 3.26. The molecule has 1 unspecified atom stereocenters. The fourth-order valence-corrected chi connectivity index (χ4v) is 2.14. The lowest BCUT2D eigenvalue weighted by atomic mass is 10.2. The van der Waals surface area contributed by atoms with Crippen LogP contribution in [0.5, 0.6) is 0 Å². The van der Waals surface area contributed by atoms with Crippen LogP contribution < -0.4 is 5.32 Å². The van der Waals surface area contributed by atoms with Gasteiger partial charge in [-0.1, -0.05) is 0 Å². The fraction of sp³-hybridized carbons (Fsp3) is 0.500. The molecular formula is C12H15F2N3O. The van der Waals surface area contributed by atoms with E-state index in [1.807, 2.05) is 7.05 Å². The van der Waals surface area contributed by atoms with Crippen LogP contribution in [0.15, 0.2) is 12.3 Å². The largest absolute Gasteiger partial charge is 0.350 e. The van der Waals surface area contributed by atoms with Crippen LogP contribution in [0.4, 0.5) is 8.78 Å². The lowest BCUT2D eigenvalue weighted by Crippen LogP contribution is -2.38. The Kier molecular flexibility index (Phi) is 3.86. The van der Waals surface area contributed by atoms with Gasteiger partial charge in [-0.05, 0) is 32.5 Å². The molecule has 1 amide bonds. The number of amides is 1. The third kappa shape index (κ3) is 2.64. The number of nitrogens with one attached hydrogen (secondary N) is 1. The number of carbonyl (C=O) groups excluding carboxylic acids is 1. The molecule has 1 aromatic heterocycles. The standard InChI is InChI=1S/C12H15F2N3O/c1-17-6-2-3-8(17)7-16-12(18)9-4-5-15-11(14)10(9)13/h4-5,8H,2-3,6-7H2,1H3,(H,16,18). The van der Waals surface area contributed by atoms with Crippen molar-refractivity contribution in [3.05, 3.63) is 29.6 Å². The molecular weight excluding hydrogens is 240 g/mol. The van der Waals surface area contributed by atoms with Crippen LogP contribution in [-0.2, 0) is 0 Å². The predicted octanol–water partition coefficient (Wildman–Crippen LogP) is 1.18. The summed E-state index contributed by atoms with van der Waals surface area (Å²) < 4.78 is 26.2. The van der Waals surface area contributed by atoms with Crippen LogP contribution in [0.2, 0.25) is 0 Å². The molecule has 1 saturated heterocycles. The van der Waals surface area contributed by atoms with E-state index in [0.717, 1.165) is 25.6 Å². The van der Waals surface area contributed by atoms with Crippen molar-refractivity contribution in [3.63, 3.8) is 0 Å². The number of aromatic nitrogens is 1. The van der Waals surface area contributed by atoms with Crippen LogP contribution >= 0.6 is 0 Å². The molecule has 4 nitrogen and oxygen atoms in total. The smallest absolute Gasteiger partial charge is 0.254 e. The highest BCUT2D eigenvalue weighted by molar-refractivity contribution is 5.94. The van der Waals surface area contributed by atoms with E-state index in [0.29, 0.717) is 6.54 Å². The molecule has 1 aromatic rings. The van der Waals surface area contributed by atoms with Gasteiger partial charge in [0.2, 0.25) is 5.95 Å². The first-order chi connectivity index (χ1) is 8.59. The van der Waals surface area contributed by atoms with Gasteiger partial charge in [0, 0.05) is 18.8 Å². The molecule has 1 fully saturated rings. The molecule has 0 aliphatic carbocycles. The molecule has 1 atom stereocenters. The van der Waals surface area contributed by atoms with Crippen molar-refractivity contribution in [1.29, 1.82) is 0 Å². The van der Waals surface area contributed by atoms with Gasteiger partial charge in [-0.25, -0.2) is 9.37 Å². The van der Waals surface area contributed by atoms with E-state index in [-0.39, 0.29) is 11.6 Å². The Hall–Kier alpha value is -1.56. The first kappa shape index (κ1) is 12.9. The number of hydrogen-bond donors (Lipinski definition) is 1. The van der Waals surface area contributed by atoms with Gasteiger partial charge < -0.3 is 10.2 Å². The zero-order valence-corrected chi connectivity index (χ0v) is 10.1. The van der Waals surface area contributed by atoms with Crippen molar-refractivity contribution in [3.8, 4) is 0 Å². The maximum absolute atomic E-state index is 13.3. The van der Waals surface area contributed by atoms with Gasteiger partial charge in [0.25, 0.3) is 5.91 Å². The number of carbonyl (C=O) groups is 1. The normalized spacial score (nSPS) is 20.1. The second-order valence-electron chi connectivity index (χ2n) is 4.45. The lowest BCUT2D eigenvalue weighted by Gasteiger charge is -2.19. The van der Waals surface area contributed by atoms with Crippen molar-refractivity contribution in [2.24, 2.45) is 0 Å². The summed E-state index contributed by atoms with van der Waals surface area (Å²) in [5, 5.41) is 2.62. The van der Waals surface area contributed by atoms with E-state index in [1.165, 1.54) is 6.07 Å². The van der Waals surface area contributed by atoms with E-state index in [2.05, 4.69) is 15.2 Å². The quantitative estimate of drug-likeness (QED) is 0.825. The minimum absolute atomic E-state index is 0.267. The number of halogens is 2. The Morgan fingerprint density at radius 1 is 1.61 bits per heavy atom. The predicted molar refractivity (Wildman–Crippen MR) is 62.1 cm³/mol. The van der Waals surface area contributed by atoms with Crippen molar-refractivity contribution < 1.29 is 13.6 Å². The number of likely N-dealkylation sites (N-methyl/N-ethyl adjacent to an activating group) is 1. The second-order valence-corrected chi connectivity index (χ2v) is 4.45. The van der Waals surface area contributed by atoms with Gasteiger partial charge in [-0.15, -0.1) is 0 Å². The highest BCUT2D eigenvalue weighted by atomic mass is 19.2. The monoisotopic (exact) mass is 255 g/mol. The van der Waals surface area contributed by atoms with Crippen molar-refractivity contribution in [2.45, 2.75) is 18.9 Å². The zero-order chi connectivity index (χ0) is 13.1. The lowest BCUT2D eigenvalue weighted by molar-refractivity contribution is 0.0938. The summed E-state index contributed by atoms with van der Waals surface area (Å²) in [5.41, 5.74) is -0.303. The summed E-state index contributed by atoms with van der Waals surface area (Å²) in [4.78, 5) is 17.0. The van der Waals surface area contributed by atoms with Crippen LogP contribution in [0.1, 0.15) is 23.2 Å². The molecule has 0 spiro atoms. The van der Waals surface area contributed by atoms with Crippen LogP contribution in [-0.4, -0.2) is 42.0 Å². The SMILES string of the molecule is CN1CCCC1CNC(=O)c1ccnc(F)c1F. The van der Waals surface area contributed by atoms with Gasteiger partial charge in [-0.3, -0.25) is 4.79 Å². The topological polar surface area (TPSA) is 45.2 Å². The third-order valence-electron chi connectivity index (χ3n) is 3.26. The second kappa shape index (κ2) is 5.39. The molecule has 98 valence electrons. The Labute approximate surface area is 104 Å². The molecule has 1 aliphatic rings. The van der Waals surface area contributed by atoms with Crippen LogP contribution in [0.3, 0.4) is 0 Å². The van der Waals surface area contributed by atoms with E-state index in [9.17, 15) is 13.6 Å². The molecule has 1 aliphatic heterocycles. The molecule has 18 heavy (non-hydrogen) atoms. The Balaban J connectivity index is 1.97. The molecule has 0 radical (unpaired) electrons. The maximum Gasteiger partial charge on any atom is 0.254 e. The summed E-state index contributed by atoms with van der Waals surface area (Å²) in [7, 11) is 1.98. The average Bonchev–Trinajstić information content (AvgIpc) is 2.75. The van der Waals surface area contributed by atoms with E-state index in [4.69, 9.17) is 0 Å². The Morgan fingerprint density at radius 2 is 2.39 bits per heavy atom. The summed E-state index contributed by atoms with van der Waals surface area (Å²) in [5.74, 6) is -3.05. The van der Waals surface area contributed by atoms with Crippen molar-refractivity contribution in [1.82, 2.24) is 15.2 Å². The summed E-state index contributed by atoms with van der Waals surface area (Å²) in [6, 6.07) is 1.44. The summed E-state index contributed by atoms with van der Waals surface area (Å²) in [6.07, 6.45) is 3.17. The van der Waals surface area contributed by atoms with E-state index >= 15 is 0 Å². The van der Waals surface area contributed by atoms with Crippen LogP contribution in [0.25, 0.3) is 0 Å². The molecule has 0 bridgehead atoms. The average molecular weight is 255 g/mol. The molecule has 0 aromatic carbocycles. The van der Waals surface area contributed by atoms with Gasteiger partial charge in [0.15, 0.2) is 5.82 Å². The minimum Gasteiger partial charge on any atom is -0.350 e. The van der Waals surface area contributed by atoms with E-state index in [1.54, 1.807) is 0 Å². The number of hydrogen-bond acceptors (Lipinski definition) is 3. The molecule has 6 heteroatoms. The first-order valence-corrected chi connectivity index (χ1v) is 5.88. The Bertz CT molecular complexity index is 453. The highest BCUT2D eigenvalue weighted by Crippen LogP contribution is 2.14. The van der Waals surface area contributed by atoms with E-state index < -0.39 is 17.7 Å². The number of pyridine rings is 1. The zero-order valence-electron chi connectivity index (χ0n) is 10.1. The van der Waals surface area contributed by atoms with Gasteiger partial charge in [-0.2, -0.15) is 4.39 Å². The molecule has 1 N–H and O–H groups in total. The number of nitrogens with zero attached hydrogens (tertiary/aromatic N) is 2. The summed E-state index contributed by atoms with van der Waals surface area (Å²) >= 11 is 0. The Morgan fingerprint density at radius 3 is 3.06 bits per heavy atom. The van der Waals surface area contributed by atoms with Gasteiger partial charge in [0.1, 0.15) is 0 Å². The van der Waals surface area contributed by atoms with Crippen molar-refractivity contribution in [2.75, 3.05) is 20.1 Å². The van der Waals surface area contributed by atoms with Crippen molar-refractivity contribution >= 4 is 5.91 Å². The van der Waals surface area contributed by atoms with Gasteiger partial charge in [0.05, 0.1) is 5.56 Å². The highest BCUT2D eigenvalue weighted by Gasteiger charge is 2.22. The minimum atomic E-state index is -1.25. The van der Waals surface area contributed by atoms with Crippen LogP contribution in [0, 0.1) is 11.8 Å². The maximum atomic E-state index is 13.3.